The molecule has 1 aliphatic rings. The highest BCUT2D eigenvalue weighted by Gasteiger charge is 2.36. The van der Waals surface area contributed by atoms with Crippen LogP contribution in [0.1, 0.15) is 16.8 Å². The second kappa shape index (κ2) is 5.62. The number of carboxylic acids is 1. The highest BCUT2D eigenvalue weighted by molar-refractivity contribution is 9.10. The van der Waals surface area contributed by atoms with Crippen LogP contribution in [0.3, 0.4) is 0 Å². The van der Waals surface area contributed by atoms with Gasteiger partial charge >= 0.3 is 11.9 Å². The van der Waals surface area contributed by atoms with Crippen LogP contribution in [0.25, 0.3) is 0 Å². The number of rotatable bonds is 3. The number of aliphatic carboxylic acids is 1. The van der Waals surface area contributed by atoms with Gasteiger partial charge in [0.05, 0.1) is 28.8 Å². The summed E-state index contributed by atoms with van der Waals surface area (Å²) in [5.74, 6) is -2.53. The zero-order valence-corrected chi connectivity index (χ0v) is 12.2. The first-order valence-corrected chi connectivity index (χ1v) is 6.65. The van der Waals surface area contributed by atoms with Crippen LogP contribution in [0.4, 0.5) is 5.69 Å². The third-order valence-electron chi connectivity index (χ3n) is 3.15. The minimum Gasteiger partial charge on any atom is -0.481 e. The van der Waals surface area contributed by atoms with Gasteiger partial charge in [0.25, 0.3) is 0 Å². The fraction of sp³-hybridized carbons (Fsp3) is 0.308. The van der Waals surface area contributed by atoms with E-state index in [-0.39, 0.29) is 24.4 Å². The Bertz CT molecular complexity index is 586. The Morgan fingerprint density at radius 3 is 2.70 bits per heavy atom. The minimum absolute atomic E-state index is 0.0375. The lowest BCUT2D eigenvalue weighted by Crippen LogP contribution is -2.26. The molecule has 0 aliphatic carbocycles. The molecular weight excluding hydrogens is 330 g/mol. The molecule has 0 aromatic heterocycles. The Morgan fingerprint density at radius 1 is 1.45 bits per heavy atom. The lowest BCUT2D eigenvalue weighted by atomic mass is 10.1. The number of carboxylic acid groups (broad SMARTS) is 1. The summed E-state index contributed by atoms with van der Waals surface area (Å²) < 4.78 is 5.08. The van der Waals surface area contributed by atoms with Crippen molar-refractivity contribution in [3.05, 3.63) is 28.2 Å². The molecule has 1 N–H and O–H groups in total. The molecule has 6 nitrogen and oxygen atoms in total. The van der Waals surface area contributed by atoms with Crippen molar-refractivity contribution in [3.63, 3.8) is 0 Å². The molecule has 1 heterocycles. The molecule has 7 heteroatoms. The molecule has 1 aromatic carbocycles. The van der Waals surface area contributed by atoms with Crippen LogP contribution in [0.2, 0.25) is 0 Å². The quantitative estimate of drug-likeness (QED) is 0.845. The third kappa shape index (κ3) is 2.53. The lowest BCUT2D eigenvalue weighted by molar-refractivity contribution is -0.141. The van der Waals surface area contributed by atoms with Gasteiger partial charge in [-0.25, -0.2) is 4.79 Å². The van der Waals surface area contributed by atoms with Gasteiger partial charge in [0.1, 0.15) is 0 Å². The summed E-state index contributed by atoms with van der Waals surface area (Å²) in [5.41, 5.74) is 0.762. The largest absolute Gasteiger partial charge is 0.481 e. The number of benzene rings is 1. The molecule has 1 atom stereocenters. The lowest BCUT2D eigenvalue weighted by Gasteiger charge is -2.19. The summed E-state index contributed by atoms with van der Waals surface area (Å²) in [6, 6.07) is 4.83. The Hall–Kier alpha value is -1.89. The molecule has 2 rings (SSSR count). The average Bonchev–Trinajstić information content (AvgIpc) is 2.80. The zero-order valence-electron chi connectivity index (χ0n) is 10.6. The Kier molecular flexibility index (Phi) is 4.08. The third-order valence-corrected chi connectivity index (χ3v) is 3.98. The second-order valence-electron chi connectivity index (χ2n) is 4.37. The van der Waals surface area contributed by atoms with E-state index >= 15 is 0 Å². The van der Waals surface area contributed by atoms with Gasteiger partial charge in [-0.1, -0.05) is 6.07 Å². The highest BCUT2D eigenvalue weighted by atomic mass is 79.9. The van der Waals surface area contributed by atoms with Crippen molar-refractivity contribution < 1.29 is 24.2 Å². The van der Waals surface area contributed by atoms with E-state index < -0.39 is 17.9 Å². The number of hydrogen-bond donors (Lipinski definition) is 1. The van der Waals surface area contributed by atoms with Gasteiger partial charge in [-0.15, -0.1) is 0 Å². The molecule has 1 aromatic rings. The SMILES string of the molecule is COC(=O)c1cccc(N2CC(C(=O)O)CC2=O)c1Br. The standard InChI is InChI=1S/C13H12BrNO5/c1-20-13(19)8-3-2-4-9(11(8)14)15-6-7(12(17)18)5-10(15)16/h2-4,7H,5-6H2,1H3,(H,17,18). The van der Waals surface area contributed by atoms with Gasteiger partial charge in [0, 0.05) is 13.0 Å². The molecule has 106 valence electrons. The van der Waals surface area contributed by atoms with Crippen molar-refractivity contribution in [1.29, 1.82) is 0 Å². The van der Waals surface area contributed by atoms with E-state index in [0.717, 1.165) is 0 Å². The minimum atomic E-state index is -0.999. The number of hydrogen-bond acceptors (Lipinski definition) is 4. The Labute approximate surface area is 123 Å². The van der Waals surface area contributed by atoms with E-state index in [1.807, 2.05) is 0 Å². The molecule has 1 saturated heterocycles. The smallest absolute Gasteiger partial charge is 0.339 e. The predicted octanol–water partition coefficient (Wildman–Crippen LogP) is 1.67. The number of carbonyl (C=O) groups is 3. The number of anilines is 1. The molecule has 1 amide bonds. The van der Waals surface area contributed by atoms with Crippen LogP contribution in [0, 0.1) is 5.92 Å². The molecule has 0 saturated carbocycles. The van der Waals surface area contributed by atoms with Gasteiger partial charge in [0.15, 0.2) is 0 Å². The fourth-order valence-corrected chi connectivity index (χ4v) is 2.74. The number of esters is 1. The molecule has 0 bridgehead atoms. The molecule has 0 spiro atoms. The van der Waals surface area contributed by atoms with Crippen LogP contribution in [-0.4, -0.2) is 36.6 Å². The van der Waals surface area contributed by atoms with Crippen LogP contribution in [0.15, 0.2) is 22.7 Å². The summed E-state index contributed by atoms with van der Waals surface area (Å²) in [4.78, 5) is 35.9. The van der Waals surface area contributed by atoms with Crippen LogP contribution >= 0.6 is 15.9 Å². The van der Waals surface area contributed by atoms with E-state index in [9.17, 15) is 14.4 Å². The number of carbonyl (C=O) groups excluding carboxylic acids is 2. The first kappa shape index (κ1) is 14.5. The summed E-state index contributed by atoms with van der Waals surface area (Å²) in [6.45, 7) is 0.0946. The highest BCUT2D eigenvalue weighted by Crippen LogP contribution is 2.34. The van der Waals surface area contributed by atoms with Gasteiger partial charge < -0.3 is 14.7 Å². The summed E-state index contributed by atoms with van der Waals surface area (Å²) >= 11 is 3.28. The van der Waals surface area contributed by atoms with Crippen molar-refractivity contribution in [2.24, 2.45) is 5.92 Å². The van der Waals surface area contributed by atoms with Crippen molar-refractivity contribution in [3.8, 4) is 0 Å². The van der Waals surface area contributed by atoms with Gasteiger partial charge in [0.2, 0.25) is 5.91 Å². The van der Waals surface area contributed by atoms with Crippen molar-refractivity contribution in [1.82, 2.24) is 0 Å². The van der Waals surface area contributed by atoms with Gasteiger partial charge in [-0.3, -0.25) is 9.59 Å². The Morgan fingerprint density at radius 2 is 2.15 bits per heavy atom. The van der Waals surface area contributed by atoms with Gasteiger partial charge in [-0.2, -0.15) is 0 Å². The fourth-order valence-electron chi connectivity index (χ4n) is 2.10. The predicted molar refractivity (Wildman–Crippen MR) is 73.6 cm³/mol. The van der Waals surface area contributed by atoms with Crippen LogP contribution < -0.4 is 4.90 Å². The first-order valence-electron chi connectivity index (χ1n) is 5.85. The topological polar surface area (TPSA) is 83.9 Å². The molecule has 20 heavy (non-hydrogen) atoms. The van der Waals surface area contributed by atoms with E-state index in [4.69, 9.17) is 5.11 Å². The van der Waals surface area contributed by atoms with Crippen molar-refractivity contribution >= 4 is 39.5 Å². The molecular formula is C13H12BrNO5. The van der Waals surface area contributed by atoms with E-state index in [1.54, 1.807) is 18.2 Å². The monoisotopic (exact) mass is 341 g/mol. The zero-order chi connectivity index (χ0) is 14.9. The number of methoxy groups -OCH3 is 1. The molecule has 1 fully saturated rings. The van der Waals surface area contributed by atoms with Crippen molar-refractivity contribution in [2.75, 3.05) is 18.6 Å². The number of halogens is 1. The second-order valence-corrected chi connectivity index (χ2v) is 5.17. The van der Waals surface area contributed by atoms with E-state index in [1.165, 1.54) is 12.0 Å². The maximum absolute atomic E-state index is 11.9. The summed E-state index contributed by atoms with van der Waals surface area (Å²) in [5, 5.41) is 8.98. The Balaban J connectivity index is 2.37. The first-order chi connectivity index (χ1) is 9.45. The number of amides is 1. The van der Waals surface area contributed by atoms with E-state index in [2.05, 4.69) is 20.7 Å². The number of nitrogens with zero attached hydrogens (tertiary/aromatic N) is 1. The van der Waals surface area contributed by atoms with Crippen molar-refractivity contribution in [2.45, 2.75) is 6.42 Å². The molecule has 0 radical (unpaired) electrons. The summed E-state index contributed by atoms with van der Waals surface area (Å²) in [6.07, 6.45) is -0.0375. The maximum atomic E-state index is 11.9. The number of ether oxygens (including phenoxy) is 1. The van der Waals surface area contributed by atoms with Crippen LogP contribution in [0.5, 0.6) is 0 Å². The maximum Gasteiger partial charge on any atom is 0.339 e. The molecule has 1 unspecified atom stereocenters. The van der Waals surface area contributed by atoms with E-state index in [0.29, 0.717) is 10.2 Å². The molecule has 1 aliphatic heterocycles. The average molecular weight is 342 g/mol. The van der Waals surface area contributed by atoms with Gasteiger partial charge in [-0.05, 0) is 28.1 Å². The van der Waals surface area contributed by atoms with Crippen LogP contribution in [-0.2, 0) is 14.3 Å². The summed E-state index contributed by atoms with van der Waals surface area (Å²) in [7, 11) is 1.27. The normalized spacial score (nSPS) is 18.2.